The predicted molar refractivity (Wildman–Crippen MR) is 148 cm³/mol. The van der Waals surface area contributed by atoms with Gasteiger partial charge in [-0.05, 0) is 0 Å². The van der Waals surface area contributed by atoms with Crippen LogP contribution in [0.5, 0.6) is 0 Å². The zero-order valence-corrected chi connectivity index (χ0v) is 31.9. The Morgan fingerprint density at radius 1 is 0.433 bits per heavy atom. The average Bonchev–Trinajstić information content (AvgIpc) is 2.24. The van der Waals surface area contributed by atoms with Gasteiger partial charge in [0.1, 0.15) is 0 Å². The van der Waals surface area contributed by atoms with Crippen LogP contribution in [0.2, 0.25) is 26.2 Å². The van der Waals surface area contributed by atoms with Crippen LogP contribution in [0.3, 0.4) is 0 Å². The van der Waals surface area contributed by atoms with E-state index in [1.165, 1.54) is 0 Å². The average molecular weight is 702 g/mol. The van der Waals surface area contributed by atoms with Gasteiger partial charge in [-0.15, -0.1) is 0 Å². The van der Waals surface area contributed by atoms with Crippen molar-refractivity contribution < 1.29 is 0 Å². The summed E-state index contributed by atoms with van der Waals surface area (Å²) in [6.07, 6.45) is 5.30. The third-order valence-electron chi connectivity index (χ3n) is 6.53. The molecule has 0 aliphatic carbocycles. The molecule has 3 aliphatic heterocycles. The standard InChI is InChI=1S/2C10H24N2Si.2S.2Sn/c2*1-9(2,3)11-13(7,8)12-10(4,5)6;;;;/h2*1-8H3;;;;/q2*-2;;;2*+2. The summed E-state index contributed by atoms with van der Waals surface area (Å²) >= 11 is -5.48. The first-order chi connectivity index (χ1) is 12.9. The van der Waals surface area contributed by atoms with Crippen molar-refractivity contribution in [1.82, 2.24) is 11.1 Å². The van der Waals surface area contributed by atoms with E-state index in [1.54, 1.807) is 0 Å². The third kappa shape index (κ3) is 3.57. The van der Waals surface area contributed by atoms with Gasteiger partial charge < -0.3 is 0 Å². The Morgan fingerprint density at radius 3 is 0.733 bits per heavy atom. The molecule has 0 unspecified atom stereocenters. The Labute approximate surface area is 201 Å². The van der Waals surface area contributed by atoms with Crippen LogP contribution in [0.4, 0.5) is 0 Å². The number of hydrogen-bond donors (Lipinski definition) is 0. The molecule has 2 spiro atoms. The van der Waals surface area contributed by atoms with Crippen molar-refractivity contribution in [3.8, 4) is 0 Å². The zero-order chi connectivity index (χ0) is 23.7. The van der Waals surface area contributed by atoms with Crippen molar-refractivity contribution in [3.05, 3.63) is 0 Å². The summed E-state index contributed by atoms with van der Waals surface area (Å²) in [4.78, 5) is 0. The second kappa shape index (κ2) is 7.08. The molecule has 4 nitrogen and oxygen atoms in total. The summed E-state index contributed by atoms with van der Waals surface area (Å²) in [5, 5.41) is 0. The molecule has 176 valence electrons. The third-order valence-corrected chi connectivity index (χ3v) is 190. The molecule has 0 saturated carbocycles. The van der Waals surface area contributed by atoms with E-state index in [4.69, 9.17) is 0 Å². The van der Waals surface area contributed by atoms with Gasteiger partial charge in [-0.25, -0.2) is 0 Å². The quantitative estimate of drug-likeness (QED) is 0.279. The number of hydrogen-bond acceptors (Lipinski definition) is 6. The minimum atomic E-state index is -2.74. The molecule has 0 amide bonds. The van der Waals surface area contributed by atoms with Crippen LogP contribution < -0.4 is 0 Å². The molecule has 3 saturated heterocycles. The van der Waals surface area contributed by atoms with Crippen molar-refractivity contribution in [2.45, 2.75) is 131 Å². The summed E-state index contributed by atoms with van der Waals surface area (Å²) in [6, 6.07) is 0. The molecule has 0 N–H and O–H groups in total. The molecule has 0 aromatic rings. The van der Waals surface area contributed by atoms with E-state index in [0.717, 1.165) is 0 Å². The monoisotopic (exact) mass is 704 g/mol. The second-order valence-electron chi connectivity index (χ2n) is 14.3. The fourth-order valence-corrected chi connectivity index (χ4v) is 302. The van der Waals surface area contributed by atoms with Crippen LogP contribution in [0.15, 0.2) is 0 Å². The molecular weight excluding hydrogens is 654 g/mol. The van der Waals surface area contributed by atoms with Gasteiger partial charge in [0.05, 0.1) is 0 Å². The van der Waals surface area contributed by atoms with Gasteiger partial charge in [-0.2, -0.15) is 0 Å². The van der Waals surface area contributed by atoms with E-state index < -0.39 is 49.1 Å². The van der Waals surface area contributed by atoms with Crippen LogP contribution in [-0.2, 0) is 0 Å². The summed E-state index contributed by atoms with van der Waals surface area (Å²) in [7, 11) is -3.16. The van der Waals surface area contributed by atoms with Crippen molar-refractivity contribution in [1.29, 1.82) is 0 Å². The van der Waals surface area contributed by atoms with Gasteiger partial charge in [0.15, 0.2) is 0 Å². The molecule has 10 heteroatoms. The Kier molecular flexibility index (Phi) is 6.41. The molecule has 3 heterocycles. The first kappa shape index (κ1) is 27.2. The Balaban J connectivity index is 2.11. The van der Waals surface area contributed by atoms with Gasteiger partial charge in [0, 0.05) is 0 Å². The van der Waals surface area contributed by atoms with Crippen molar-refractivity contribution in [3.63, 3.8) is 0 Å². The van der Waals surface area contributed by atoms with E-state index >= 15 is 0 Å². The van der Waals surface area contributed by atoms with Crippen molar-refractivity contribution >= 4 is 61.4 Å². The molecule has 3 fully saturated rings. The first-order valence-electron chi connectivity index (χ1n) is 11.5. The van der Waals surface area contributed by atoms with Crippen LogP contribution in [0.1, 0.15) is 83.1 Å². The maximum absolute atomic E-state index is 3.17. The van der Waals surface area contributed by atoms with Crippen molar-refractivity contribution in [2.75, 3.05) is 0 Å². The summed E-state index contributed by atoms with van der Waals surface area (Å²) in [5.74, 6) is 0. The summed E-state index contributed by atoms with van der Waals surface area (Å²) in [6.45, 7) is 40.4. The molecule has 3 rings (SSSR count). The van der Waals surface area contributed by atoms with Gasteiger partial charge in [0.2, 0.25) is 0 Å². The van der Waals surface area contributed by atoms with Gasteiger partial charge in [0.25, 0.3) is 0 Å². The Bertz CT molecular complexity index is 617. The van der Waals surface area contributed by atoms with E-state index in [2.05, 4.69) is 133 Å². The molecule has 0 atom stereocenters. The molecule has 0 bridgehead atoms. The number of nitrogens with zero attached hydrogens (tertiary/aromatic N) is 4. The van der Waals surface area contributed by atoms with Crippen LogP contribution in [0.25, 0.3) is 0 Å². The van der Waals surface area contributed by atoms with E-state index in [0.29, 0.717) is 0 Å². The maximum atomic E-state index is 3.17. The summed E-state index contributed by atoms with van der Waals surface area (Å²) in [5.41, 5.74) is 1.15. The molecule has 0 aromatic carbocycles. The molecule has 0 radical (unpaired) electrons. The second-order valence-corrected chi connectivity index (χ2v) is 84.6. The Morgan fingerprint density at radius 2 is 0.600 bits per heavy atom. The van der Waals surface area contributed by atoms with E-state index in [-0.39, 0.29) is 22.2 Å². The minimum absolute atomic E-state index is 0.289. The SMILES string of the molecule is CC(C)(C)[N]1[Si](C)(C)[N](C(C)(C)C)[Sn]12[S][Sn]1([S]2)[N](C(C)(C)C)[Si](C)(C)[N]1C(C)(C)C. The Hall–Kier alpha value is 2.57. The predicted octanol–water partition coefficient (Wildman–Crippen LogP) is 6.17. The van der Waals surface area contributed by atoms with Gasteiger partial charge in [-0.3, -0.25) is 0 Å². The topological polar surface area (TPSA) is 13.0 Å². The van der Waals surface area contributed by atoms with Crippen molar-refractivity contribution in [2.24, 2.45) is 0 Å². The van der Waals surface area contributed by atoms with Gasteiger partial charge in [-0.1, -0.05) is 0 Å². The molecule has 30 heavy (non-hydrogen) atoms. The fourth-order valence-electron chi connectivity index (χ4n) is 7.39. The van der Waals surface area contributed by atoms with E-state index in [1.807, 2.05) is 0 Å². The molecule has 0 aromatic heterocycles. The van der Waals surface area contributed by atoms with Crippen LogP contribution in [0, 0.1) is 0 Å². The molecular formula is C20H48N4S2Si2Sn2. The normalized spacial score (nSPS) is 29.6. The summed E-state index contributed by atoms with van der Waals surface area (Å²) < 4.78 is 12.7. The molecule has 3 aliphatic rings. The van der Waals surface area contributed by atoms with Gasteiger partial charge >= 0.3 is 204 Å². The van der Waals surface area contributed by atoms with E-state index in [9.17, 15) is 0 Å². The zero-order valence-electron chi connectivity index (χ0n) is 22.6. The number of rotatable bonds is 0. The first-order valence-corrected chi connectivity index (χ1v) is 38.0. The van der Waals surface area contributed by atoms with Crippen LogP contribution >= 0.6 is 12.3 Å². The fraction of sp³-hybridized carbons (Fsp3) is 1.00. The van der Waals surface area contributed by atoms with Crippen LogP contribution in [-0.4, -0.2) is 82.4 Å².